The number of nitrogens with one attached hydrogen (secondary N) is 1. The lowest BCUT2D eigenvalue weighted by molar-refractivity contribution is -0.516. The molecule has 1 amide bonds. The molecule has 0 aromatic heterocycles. The van der Waals surface area contributed by atoms with Crippen molar-refractivity contribution in [3.05, 3.63) is 46.0 Å². The van der Waals surface area contributed by atoms with Crippen molar-refractivity contribution in [2.24, 2.45) is 0 Å². The van der Waals surface area contributed by atoms with E-state index in [1.165, 1.54) is 45.0 Å². The smallest absolute Gasteiger partial charge is 0.382 e. The first-order chi connectivity index (χ1) is 14.7. The number of hydrogen-bond acceptors (Lipinski definition) is 9. The molecule has 0 radical (unpaired) electrons. The lowest BCUT2D eigenvalue weighted by Crippen LogP contribution is -2.68. The zero-order valence-electron chi connectivity index (χ0n) is 17.8. The Bertz CT molecular complexity index is 792. The molecule has 2 atom stereocenters. The highest BCUT2D eigenvalue weighted by Crippen LogP contribution is 2.36. The van der Waals surface area contributed by atoms with Crippen molar-refractivity contribution >= 4 is 23.8 Å². The monoisotopic (exact) mass is 438 g/mol. The molecule has 31 heavy (non-hydrogen) atoms. The molecular weight excluding hydrogens is 412 g/mol. The van der Waals surface area contributed by atoms with Gasteiger partial charge in [0, 0.05) is 11.8 Å². The molecule has 1 rings (SSSR count). The van der Waals surface area contributed by atoms with Crippen molar-refractivity contribution in [3.8, 4) is 0 Å². The second-order valence-electron chi connectivity index (χ2n) is 6.30. The van der Waals surface area contributed by atoms with E-state index in [1.54, 1.807) is 6.07 Å². The number of nitro groups is 1. The maximum Gasteiger partial charge on any atom is 0.382 e. The Balaban J connectivity index is 3.99. The summed E-state index contributed by atoms with van der Waals surface area (Å²) in [4.78, 5) is 62.0. The lowest BCUT2D eigenvalue weighted by atomic mass is 9.74. The van der Waals surface area contributed by atoms with Crippen molar-refractivity contribution in [2.75, 3.05) is 19.8 Å². The molecule has 0 bridgehead atoms. The van der Waals surface area contributed by atoms with Crippen molar-refractivity contribution in [2.45, 2.75) is 45.2 Å². The number of carbonyl (C=O) groups excluding carboxylic acids is 4. The maximum atomic E-state index is 13.1. The third-order valence-corrected chi connectivity index (χ3v) is 4.26. The summed E-state index contributed by atoms with van der Waals surface area (Å²) in [5.41, 5.74) is -2.67. The molecule has 0 fully saturated rings. The molecule has 0 aliphatic rings. The van der Waals surface area contributed by atoms with E-state index < -0.39 is 46.2 Å². The zero-order valence-corrected chi connectivity index (χ0v) is 17.8. The van der Waals surface area contributed by atoms with Crippen LogP contribution in [0.3, 0.4) is 0 Å². The largest absolute Gasteiger partial charge is 0.464 e. The number of nitrogens with zero attached hydrogens (tertiary/aromatic N) is 1. The Labute approximate surface area is 179 Å². The first kappa shape index (κ1) is 25.5. The van der Waals surface area contributed by atoms with Gasteiger partial charge in [0.1, 0.15) is 5.92 Å². The van der Waals surface area contributed by atoms with Gasteiger partial charge in [-0.1, -0.05) is 30.3 Å². The summed E-state index contributed by atoms with van der Waals surface area (Å²) in [5, 5.41) is 14.2. The molecule has 0 saturated heterocycles. The SMILES string of the molecule is CCOC(=O)C(C(c1ccccc1)C(NC(C)=O)(C(=O)OCC)C(=O)OCC)[N+](=O)[O-]. The van der Waals surface area contributed by atoms with Crippen molar-refractivity contribution in [1.29, 1.82) is 0 Å². The molecule has 2 unspecified atom stereocenters. The third kappa shape index (κ3) is 5.77. The molecule has 170 valence electrons. The lowest BCUT2D eigenvalue weighted by Gasteiger charge is -2.36. The van der Waals surface area contributed by atoms with Crippen LogP contribution in [0, 0.1) is 10.1 Å². The minimum atomic E-state index is -2.72. The van der Waals surface area contributed by atoms with Crippen LogP contribution in [-0.4, -0.2) is 60.1 Å². The van der Waals surface area contributed by atoms with Crippen LogP contribution in [0.1, 0.15) is 39.2 Å². The zero-order chi connectivity index (χ0) is 23.6. The van der Waals surface area contributed by atoms with E-state index in [9.17, 15) is 29.3 Å². The molecule has 0 aliphatic heterocycles. The Hall–Kier alpha value is -3.50. The van der Waals surface area contributed by atoms with Crippen molar-refractivity contribution in [1.82, 2.24) is 5.32 Å². The normalized spacial score (nSPS) is 12.8. The van der Waals surface area contributed by atoms with Gasteiger partial charge in [-0.15, -0.1) is 0 Å². The number of ether oxygens (including phenoxy) is 3. The number of amides is 1. The predicted octanol–water partition coefficient (Wildman–Crippen LogP) is 0.980. The Morgan fingerprint density at radius 1 is 0.968 bits per heavy atom. The van der Waals surface area contributed by atoms with Gasteiger partial charge in [-0.05, 0) is 26.3 Å². The number of carbonyl (C=O) groups is 4. The van der Waals surface area contributed by atoms with Crippen LogP contribution in [0.15, 0.2) is 30.3 Å². The van der Waals surface area contributed by atoms with Crippen LogP contribution in [0.4, 0.5) is 0 Å². The van der Waals surface area contributed by atoms with Crippen molar-refractivity contribution in [3.63, 3.8) is 0 Å². The molecule has 0 saturated carbocycles. The van der Waals surface area contributed by atoms with E-state index in [-0.39, 0.29) is 25.4 Å². The van der Waals surface area contributed by atoms with Crippen LogP contribution < -0.4 is 5.32 Å². The summed E-state index contributed by atoms with van der Waals surface area (Å²) in [7, 11) is 0. The standard InChI is InChI=1S/C20H26N2O9/c1-5-29-17(24)16(22(27)28)15(14-11-9-8-10-12-14)20(21-13(4)23,18(25)30-6-2)19(26)31-7-3/h8-12,15-16H,5-7H2,1-4H3,(H,21,23). The van der Waals surface area contributed by atoms with Crippen LogP contribution in [0.2, 0.25) is 0 Å². The van der Waals surface area contributed by atoms with E-state index in [2.05, 4.69) is 5.32 Å². The number of benzene rings is 1. The summed E-state index contributed by atoms with van der Waals surface area (Å²) < 4.78 is 14.9. The molecule has 11 nitrogen and oxygen atoms in total. The molecule has 0 aliphatic carbocycles. The van der Waals surface area contributed by atoms with E-state index in [4.69, 9.17) is 14.2 Å². The minimum Gasteiger partial charge on any atom is -0.464 e. The third-order valence-electron chi connectivity index (χ3n) is 4.26. The average molecular weight is 438 g/mol. The molecular formula is C20H26N2O9. The first-order valence-corrected chi connectivity index (χ1v) is 9.65. The molecule has 0 spiro atoms. The highest BCUT2D eigenvalue weighted by atomic mass is 16.6. The summed E-state index contributed by atoms with van der Waals surface area (Å²) in [6.07, 6.45) is 0. The van der Waals surface area contributed by atoms with E-state index in [1.807, 2.05) is 0 Å². The average Bonchev–Trinajstić information content (AvgIpc) is 2.71. The number of esters is 3. The fourth-order valence-electron chi connectivity index (χ4n) is 3.19. The molecule has 1 aromatic rings. The number of hydrogen-bond donors (Lipinski definition) is 1. The van der Waals surface area contributed by atoms with Gasteiger partial charge in [-0.3, -0.25) is 14.9 Å². The van der Waals surface area contributed by atoms with Gasteiger partial charge in [0.25, 0.3) is 0 Å². The maximum absolute atomic E-state index is 13.1. The van der Waals surface area contributed by atoms with Gasteiger partial charge < -0.3 is 19.5 Å². The topological polar surface area (TPSA) is 151 Å². The minimum absolute atomic E-state index is 0.0482. The Morgan fingerprint density at radius 2 is 1.45 bits per heavy atom. The summed E-state index contributed by atoms with van der Waals surface area (Å²) in [6, 6.07) is 5.13. The Morgan fingerprint density at radius 3 is 1.84 bits per heavy atom. The second kappa shape index (κ2) is 11.6. The highest BCUT2D eigenvalue weighted by Gasteiger charge is 2.64. The molecule has 11 heteroatoms. The second-order valence-corrected chi connectivity index (χ2v) is 6.30. The highest BCUT2D eigenvalue weighted by molar-refractivity contribution is 6.09. The van der Waals surface area contributed by atoms with Crippen LogP contribution >= 0.6 is 0 Å². The molecule has 0 heterocycles. The summed E-state index contributed by atoms with van der Waals surface area (Å²) >= 11 is 0. The Kier molecular flexibility index (Phi) is 9.58. The fourth-order valence-corrected chi connectivity index (χ4v) is 3.19. The summed E-state index contributed by atoms with van der Waals surface area (Å²) in [6.45, 7) is 4.78. The predicted molar refractivity (Wildman–Crippen MR) is 106 cm³/mol. The molecule has 1 aromatic carbocycles. The van der Waals surface area contributed by atoms with Gasteiger partial charge >= 0.3 is 23.9 Å². The summed E-state index contributed by atoms with van der Waals surface area (Å²) in [5.74, 6) is -6.58. The van der Waals surface area contributed by atoms with E-state index >= 15 is 0 Å². The van der Waals surface area contributed by atoms with Gasteiger partial charge in [-0.25, -0.2) is 14.4 Å². The fraction of sp³-hybridized carbons (Fsp3) is 0.500. The van der Waals surface area contributed by atoms with Crippen LogP contribution in [-0.2, 0) is 33.4 Å². The van der Waals surface area contributed by atoms with Crippen LogP contribution in [0.5, 0.6) is 0 Å². The first-order valence-electron chi connectivity index (χ1n) is 9.65. The quantitative estimate of drug-likeness (QED) is 0.175. The number of rotatable bonds is 11. The van der Waals surface area contributed by atoms with E-state index in [0.717, 1.165) is 6.92 Å². The molecule has 1 N–H and O–H groups in total. The van der Waals surface area contributed by atoms with Gasteiger partial charge in [0.05, 0.1) is 19.8 Å². The van der Waals surface area contributed by atoms with Gasteiger partial charge in [0.15, 0.2) is 0 Å². The van der Waals surface area contributed by atoms with Crippen LogP contribution in [0.25, 0.3) is 0 Å². The van der Waals surface area contributed by atoms with Gasteiger partial charge in [0.2, 0.25) is 11.4 Å². The van der Waals surface area contributed by atoms with Gasteiger partial charge in [-0.2, -0.15) is 0 Å². The van der Waals surface area contributed by atoms with Crippen molar-refractivity contribution < 1.29 is 38.3 Å². The van der Waals surface area contributed by atoms with E-state index in [0.29, 0.717) is 0 Å².